The SMILES string of the molecule is Clc1ccc(C(c2ccccc2)C2CC3CCN2CC3)c(Cl)c1. The minimum Gasteiger partial charge on any atom is -0.299 e. The quantitative estimate of drug-likeness (QED) is 0.698. The fourth-order valence-electron chi connectivity index (χ4n) is 4.38. The third kappa shape index (κ3) is 3.03. The van der Waals surface area contributed by atoms with Crippen LogP contribution in [0.3, 0.4) is 0 Å². The average Bonchev–Trinajstić information content (AvgIpc) is 2.59. The van der Waals surface area contributed by atoms with E-state index in [1.165, 1.54) is 43.5 Å². The molecule has 3 heterocycles. The summed E-state index contributed by atoms with van der Waals surface area (Å²) < 4.78 is 0. The molecule has 2 atom stereocenters. The lowest BCUT2D eigenvalue weighted by Gasteiger charge is -2.49. The van der Waals surface area contributed by atoms with Gasteiger partial charge >= 0.3 is 0 Å². The Hall–Kier alpha value is -1.02. The van der Waals surface area contributed by atoms with Gasteiger partial charge in [0.25, 0.3) is 0 Å². The van der Waals surface area contributed by atoms with Gasteiger partial charge in [0.1, 0.15) is 0 Å². The number of rotatable bonds is 3. The largest absolute Gasteiger partial charge is 0.299 e. The first-order chi connectivity index (χ1) is 11.2. The summed E-state index contributed by atoms with van der Waals surface area (Å²) in [6, 6.07) is 17.3. The van der Waals surface area contributed by atoms with E-state index in [4.69, 9.17) is 23.2 Å². The molecular weight excluding hydrogens is 325 g/mol. The van der Waals surface area contributed by atoms with Crippen molar-refractivity contribution >= 4 is 23.2 Å². The fourth-order valence-corrected chi connectivity index (χ4v) is 4.91. The average molecular weight is 346 g/mol. The maximum absolute atomic E-state index is 6.59. The van der Waals surface area contributed by atoms with Crippen LogP contribution < -0.4 is 0 Å². The Kier molecular flexibility index (Phi) is 4.36. The van der Waals surface area contributed by atoms with Crippen molar-refractivity contribution in [2.24, 2.45) is 5.92 Å². The van der Waals surface area contributed by atoms with E-state index in [9.17, 15) is 0 Å². The van der Waals surface area contributed by atoms with Crippen molar-refractivity contribution in [1.82, 2.24) is 4.90 Å². The third-order valence-electron chi connectivity index (χ3n) is 5.53. The van der Waals surface area contributed by atoms with Gasteiger partial charge in [0, 0.05) is 22.0 Å². The highest BCUT2D eigenvalue weighted by atomic mass is 35.5. The molecule has 2 aromatic rings. The van der Waals surface area contributed by atoms with Crippen LogP contribution in [0.1, 0.15) is 36.3 Å². The predicted molar refractivity (Wildman–Crippen MR) is 97.4 cm³/mol. The molecule has 3 heteroatoms. The van der Waals surface area contributed by atoms with Crippen LogP contribution in [0.25, 0.3) is 0 Å². The summed E-state index contributed by atoms with van der Waals surface area (Å²) in [4.78, 5) is 2.67. The van der Waals surface area contributed by atoms with Gasteiger partial charge in [0.05, 0.1) is 0 Å². The molecule has 0 saturated carbocycles. The highest BCUT2D eigenvalue weighted by Gasteiger charge is 2.39. The lowest BCUT2D eigenvalue weighted by molar-refractivity contribution is 0.0411. The normalized spacial score (nSPS) is 27.8. The van der Waals surface area contributed by atoms with Gasteiger partial charge in [-0.15, -0.1) is 0 Å². The van der Waals surface area contributed by atoms with Crippen LogP contribution in [0.2, 0.25) is 10.0 Å². The third-order valence-corrected chi connectivity index (χ3v) is 6.10. The van der Waals surface area contributed by atoms with E-state index in [0.717, 1.165) is 10.9 Å². The van der Waals surface area contributed by atoms with Crippen LogP contribution in [0.4, 0.5) is 0 Å². The van der Waals surface area contributed by atoms with E-state index >= 15 is 0 Å². The van der Waals surface area contributed by atoms with E-state index in [1.54, 1.807) is 0 Å². The number of hydrogen-bond donors (Lipinski definition) is 0. The predicted octanol–water partition coefficient (Wildman–Crippen LogP) is 5.61. The van der Waals surface area contributed by atoms with Crippen LogP contribution in [0, 0.1) is 5.92 Å². The highest BCUT2D eigenvalue weighted by Crippen LogP contribution is 2.43. The van der Waals surface area contributed by atoms with Gasteiger partial charge in [-0.2, -0.15) is 0 Å². The van der Waals surface area contributed by atoms with Crippen molar-refractivity contribution in [3.05, 3.63) is 69.7 Å². The molecule has 0 aromatic heterocycles. The molecule has 3 saturated heterocycles. The van der Waals surface area contributed by atoms with E-state index in [1.807, 2.05) is 12.1 Å². The van der Waals surface area contributed by atoms with Crippen LogP contribution in [-0.4, -0.2) is 24.0 Å². The Morgan fingerprint density at radius 1 is 0.957 bits per heavy atom. The lowest BCUT2D eigenvalue weighted by atomic mass is 9.74. The molecule has 0 radical (unpaired) electrons. The first kappa shape index (κ1) is 15.5. The molecule has 1 nitrogen and oxygen atoms in total. The van der Waals surface area contributed by atoms with Crippen molar-refractivity contribution in [1.29, 1.82) is 0 Å². The zero-order valence-electron chi connectivity index (χ0n) is 13.1. The molecule has 2 aromatic carbocycles. The van der Waals surface area contributed by atoms with Crippen LogP contribution in [-0.2, 0) is 0 Å². The molecule has 0 N–H and O–H groups in total. The van der Waals surface area contributed by atoms with Crippen LogP contribution >= 0.6 is 23.2 Å². The number of nitrogens with zero attached hydrogens (tertiary/aromatic N) is 1. The summed E-state index contributed by atoms with van der Waals surface area (Å²) in [5.41, 5.74) is 2.56. The smallest absolute Gasteiger partial charge is 0.0459 e. The Labute approximate surface area is 148 Å². The van der Waals surface area contributed by atoms with Gasteiger partial charge in [-0.1, -0.05) is 59.6 Å². The van der Waals surface area contributed by atoms with Gasteiger partial charge in [0.2, 0.25) is 0 Å². The minimum absolute atomic E-state index is 0.323. The Morgan fingerprint density at radius 3 is 2.30 bits per heavy atom. The molecule has 0 spiro atoms. The number of fused-ring (bicyclic) bond motifs is 3. The number of benzene rings is 2. The maximum atomic E-state index is 6.59. The summed E-state index contributed by atoms with van der Waals surface area (Å²) in [6.07, 6.45) is 3.98. The number of piperidine rings is 3. The molecule has 2 unspecified atom stereocenters. The minimum atomic E-state index is 0.323. The summed E-state index contributed by atoms with van der Waals surface area (Å²) in [5, 5.41) is 1.49. The molecule has 3 fully saturated rings. The lowest BCUT2D eigenvalue weighted by Crippen LogP contribution is -2.51. The molecule has 2 bridgehead atoms. The second-order valence-corrected chi connectivity index (χ2v) is 7.68. The monoisotopic (exact) mass is 345 g/mol. The van der Waals surface area contributed by atoms with E-state index in [2.05, 4.69) is 41.3 Å². The molecule has 0 amide bonds. The molecule has 3 aliphatic rings. The molecule has 120 valence electrons. The molecule has 3 aliphatic heterocycles. The Balaban J connectivity index is 1.78. The second-order valence-electron chi connectivity index (χ2n) is 6.84. The van der Waals surface area contributed by atoms with Crippen molar-refractivity contribution in [3.8, 4) is 0 Å². The Morgan fingerprint density at radius 2 is 1.70 bits per heavy atom. The van der Waals surface area contributed by atoms with Crippen LogP contribution in [0.15, 0.2) is 48.5 Å². The zero-order chi connectivity index (χ0) is 15.8. The van der Waals surface area contributed by atoms with Crippen LogP contribution in [0.5, 0.6) is 0 Å². The van der Waals surface area contributed by atoms with Gasteiger partial charge in [-0.25, -0.2) is 0 Å². The molecule has 23 heavy (non-hydrogen) atoms. The zero-order valence-corrected chi connectivity index (χ0v) is 14.6. The summed E-state index contributed by atoms with van der Waals surface area (Å²) >= 11 is 12.7. The Bertz CT molecular complexity index is 677. The fraction of sp³-hybridized carbons (Fsp3) is 0.400. The summed E-state index contributed by atoms with van der Waals surface area (Å²) in [6.45, 7) is 2.45. The van der Waals surface area contributed by atoms with Crippen molar-refractivity contribution < 1.29 is 0 Å². The van der Waals surface area contributed by atoms with E-state index in [-0.39, 0.29) is 0 Å². The topological polar surface area (TPSA) is 3.24 Å². The number of halogens is 2. The van der Waals surface area contributed by atoms with Gasteiger partial charge in [-0.3, -0.25) is 4.90 Å². The first-order valence-corrected chi connectivity index (χ1v) is 9.22. The van der Waals surface area contributed by atoms with E-state index in [0.29, 0.717) is 17.0 Å². The summed E-state index contributed by atoms with van der Waals surface area (Å²) in [5.74, 6) is 1.20. The summed E-state index contributed by atoms with van der Waals surface area (Å²) in [7, 11) is 0. The highest BCUT2D eigenvalue weighted by molar-refractivity contribution is 6.35. The van der Waals surface area contributed by atoms with Gasteiger partial charge in [-0.05, 0) is 61.5 Å². The standard InChI is InChI=1S/C20H21Cl2N/c21-16-6-7-17(18(22)13-16)20(15-4-2-1-3-5-15)19-12-14-8-10-23(19)11-9-14/h1-7,13-14,19-20H,8-12H2. The van der Waals surface area contributed by atoms with Gasteiger partial charge in [0.15, 0.2) is 0 Å². The first-order valence-electron chi connectivity index (χ1n) is 8.46. The van der Waals surface area contributed by atoms with Gasteiger partial charge < -0.3 is 0 Å². The maximum Gasteiger partial charge on any atom is 0.0459 e. The molecule has 5 rings (SSSR count). The van der Waals surface area contributed by atoms with Crippen molar-refractivity contribution in [2.45, 2.75) is 31.2 Å². The van der Waals surface area contributed by atoms with Crippen molar-refractivity contribution in [2.75, 3.05) is 13.1 Å². The molecular formula is C20H21Cl2N. The second kappa shape index (κ2) is 6.47. The number of hydrogen-bond acceptors (Lipinski definition) is 1. The van der Waals surface area contributed by atoms with Crippen molar-refractivity contribution in [3.63, 3.8) is 0 Å². The molecule has 0 aliphatic carbocycles. The van der Waals surface area contributed by atoms with E-state index < -0.39 is 0 Å².